The summed E-state index contributed by atoms with van der Waals surface area (Å²) in [5.41, 5.74) is 1.26. The summed E-state index contributed by atoms with van der Waals surface area (Å²) in [4.78, 5) is 25.5. The third-order valence-corrected chi connectivity index (χ3v) is 4.37. The van der Waals surface area contributed by atoms with Crippen molar-refractivity contribution < 1.29 is 18.4 Å². The molecule has 130 valence electrons. The van der Waals surface area contributed by atoms with Crippen LogP contribution in [-0.2, 0) is 16.0 Å². The molecule has 6 heteroatoms. The molecule has 1 aromatic rings. The molecule has 2 rings (SSSR count). The van der Waals surface area contributed by atoms with Gasteiger partial charge in [-0.05, 0) is 37.5 Å². The summed E-state index contributed by atoms with van der Waals surface area (Å²) in [5.74, 6) is -3.83. The molecule has 0 aliphatic carbocycles. The van der Waals surface area contributed by atoms with Crippen LogP contribution < -0.4 is 5.32 Å². The standard InChI is InChI=1S/C18H22F2N2O2/c1-3-16(23)21-15-7-5-4-6-13(15)12-17(24)22-10-8-14(9-11-22)18(2,19)20/h3-7,14H,1,8-12H2,2H3,(H,21,23). The first kappa shape index (κ1) is 18.1. The van der Waals surface area contributed by atoms with Crippen molar-refractivity contribution in [1.29, 1.82) is 0 Å². The van der Waals surface area contributed by atoms with Crippen molar-refractivity contribution in [2.45, 2.75) is 32.1 Å². The quantitative estimate of drug-likeness (QED) is 0.839. The van der Waals surface area contributed by atoms with Gasteiger partial charge in [0.15, 0.2) is 0 Å². The number of piperidine rings is 1. The molecule has 2 amide bonds. The molecule has 0 bridgehead atoms. The van der Waals surface area contributed by atoms with Crippen LogP contribution in [0.15, 0.2) is 36.9 Å². The Labute approximate surface area is 140 Å². The van der Waals surface area contributed by atoms with Crippen LogP contribution in [0.5, 0.6) is 0 Å². The number of benzene rings is 1. The molecular formula is C18H22F2N2O2. The van der Waals surface area contributed by atoms with Gasteiger partial charge in [-0.1, -0.05) is 24.8 Å². The van der Waals surface area contributed by atoms with Gasteiger partial charge in [-0.2, -0.15) is 0 Å². The van der Waals surface area contributed by atoms with Gasteiger partial charge in [-0.3, -0.25) is 9.59 Å². The topological polar surface area (TPSA) is 49.4 Å². The maximum Gasteiger partial charge on any atom is 0.248 e. The van der Waals surface area contributed by atoms with Crippen LogP contribution in [0.1, 0.15) is 25.3 Å². The Hall–Kier alpha value is -2.24. The molecule has 4 nitrogen and oxygen atoms in total. The molecule has 24 heavy (non-hydrogen) atoms. The number of likely N-dealkylation sites (tertiary alicyclic amines) is 1. The Morgan fingerprint density at radius 1 is 1.33 bits per heavy atom. The van der Waals surface area contributed by atoms with E-state index < -0.39 is 11.8 Å². The molecule has 1 aromatic carbocycles. The molecule has 0 unspecified atom stereocenters. The number of carbonyl (C=O) groups excluding carboxylic acids is 2. The zero-order valence-electron chi connectivity index (χ0n) is 13.7. The number of hydrogen-bond donors (Lipinski definition) is 1. The normalized spacial score (nSPS) is 15.9. The highest BCUT2D eigenvalue weighted by Gasteiger charge is 2.37. The number of anilines is 1. The third-order valence-electron chi connectivity index (χ3n) is 4.37. The van der Waals surface area contributed by atoms with Gasteiger partial charge in [0.05, 0.1) is 6.42 Å². The lowest BCUT2D eigenvalue weighted by atomic mass is 9.91. The average Bonchev–Trinajstić information content (AvgIpc) is 2.55. The summed E-state index contributed by atoms with van der Waals surface area (Å²) in [6, 6.07) is 7.04. The Morgan fingerprint density at radius 2 is 1.96 bits per heavy atom. The van der Waals surface area contributed by atoms with Crippen molar-refractivity contribution in [3.8, 4) is 0 Å². The van der Waals surface area contributed by atoms with Gasteiger partial charge < -0.3 is 10.2 Å². The number of nitrogens with one attached hydrogen (secondary N) is 1. The SMILES string of the molecule is C=CC(=O)Nc1ccccc1CC(=O)N1CCC(C(C)(F)F)CC1. The van der Waals surface area contributed by atoms with E-state index in [1.165, 1.54) is 0 Å². The zero-order chi connectivity index (χ0) is 17.7. The Morgan fingerprint density at radius 3 is 2.54 bits per heavy atom. The van der Waals surface area contributed by atoms with Crippen LogP contribution >= 0.6 is 0 Å². The van der Waals surface area contributed by atoms with Gasteiger partial charge >= 0.3 is 0 Å². The predicted octanol–water partition coefficient (Wildman–Crippen LogP) is 3.25. The van der Waals surface area contributed by atoms with E-state index in [0.29, 0.717) is 37.2 Å². The first-order valence-electron chi connectivity index (χ1n) is 7.98. The van der Waals surface area contributed by atoms with Crippen molar-refractivity contribution in [3.05, 3.63) is 42.5 Å². The predicted molar refractivity (Wildman–Crippen MR) is 88.9 cm³/mol. The van der Waals surface area contributed by atoms with Crippen LogP contribution in [0, 0.1) is 5.92 Å². The highest BCUT2D eigenvalue weighted by atomic mass is 19.3. The minimum Gasteiger partial charge on any atom is -0.342 e. The molecule has 1 fully saturated rings. The van der Waals surface area contributed by atoms with Gasteiger partial charge in [0.1, 0.15) is 0 Å². The molecule has 0 saturated carbocycles. The fourth-order valence-corrected chi connectivity index (χ4v) is 2.89. The second-order valence-corrected chi connectivity index (χ2v) is 6.14. The van der Waals surface area contributed by atoms with Gasteiger partial charge in [-0.15, -0.1) is 0 Å². The van der Waals surface area contributed by atoms with Gasteiger partial charge in [-0.25, -0.2) is 8.78 Å². The zero-order valence-corrected chi connectivity index (χ0v) is 13.7. The van der Waals surface area contributed by atoms with E-state index in [4.69, 9.17) is 0 Å². The summed E-state index contributed by atoms with van der Waals surface area (Å²) in [7, 11) is 0. The van der Waals surface area contributed by atoms with E-state index in [1.54, 1.807) is 29.2 Å². The lowest BCUT2D eigenvalue weighted by molar-refractivity contribution is -0.134. The second-order valence-electron chi connectivity index (χ2n) is 6.14. The molecule has 0 aromatic heterocycles. The van der Waals surface area contributed by atoms with Crippen LogP contribution in [-0.4, -0.2) is 35.7 Å². The largest absolute Gasteiger partial charge is 0.342 e. The molecule has 1 saturated heterocycles. The van der Waals surface area contributed by atoms with E-state index in [-0.39, 0.29) is 18.2 Å². The summed E-state index contributed by atoms with van der Waals surface area (Å²) in [6.45, 7) is 5.02. The maximum atomic E-state index is 13.3. The van der Waals surface area contributed by atoms with Crippen LogP contribution in [0.25, 0.3) is 0 Å². The number of carbonyl (C=O) groups is 2. The summed E-state index contributed by atoms with van der Waals surface area (Å²) < 4.78 is 26.7. The molecular weight excluding hydrogens is 314 g/mol. The minimum absolute atomic E-state index is 0.117. The molecule has 0 radical (unpaired) electrons. The number of para-hydroxylation sites is 1. The lowest BCUT2D eigenvalue weighted by Crippen LogP contribution is -2.43. The molecule has 1 N–H and O–H groups in total. The van der Waals surface area contributed by atoms with Crippen LogP contribution in [0.2, 0.25) is 0 Å². The van der Waals surface area contributed by atoms with Crippen molar-refractivity contribution in [2.24, 2.45) is 5.92 Å². The molecule has 1 aliphatic rings. The lowest BCUT2D eigenvalue weighted by Gasteiger charge is -2.34. The Bertz CT molecular complexity index is 618. The van der Waals surface area contributed by atoms with Crippen molar-refractivity contribution in [3.63, 3.8) is 0 Å². The fraction of sp³-hybridized carbons (Fsp3) is 0.444. The number of hydrogen-bond acceptors (Lipinski definition) is 2. The summed E-state index contributed by atoms with van der Waals surface area (Å²) >= 11 is 0. The summed E-state index contributed by atoms with van der Waals surface area (Å²) in [6.07, 6.45) is 1.91. The second kappa shape index (κ2) is 7.55. The highest BCUT2D eigenvalue weighted by molar-refractivity contribution is 5.99. The van der Waals surface area contributed by atoms with E-state index in [9.17, 15) is 18.4 Å². The number of amides is 2. The van der Waals surface area contributed by atoms with Gasteiger partial charge in [0.25, 0.3) is 0 Å². The molecule has 1 heterocycles. The average molecular weight is 336 g/mol. The van der Waals surface area contributed by atoms with Crippen molar-refractivity contribution >= 4 is 17.5 Å². The van der Waals surface area contributed by atoms with Crippen LogP contribution in [0.3, 0.4) is 0 Å². The monoisotopic (exact) mass is 336 g/mol. The summed E-state index contributed by atoms with van der Waals surface area (Å²) in [5, 5.41) is 2.67. The molecule has 0 atom stereocenters. The maximum absolute atomic E-state index is 13.3. The Balaban J connectivity index is 1.98. The van der Waals surface area contributed by atoms with Crippen molar-refractivity contribution in [1.82, 2.24) is 4.90 Å². The molecule has 0 spiro atoms. The van der Waals surface area contributed by atoms with E-state index >= 15 is 0 Å². The smallest absolute Gasteiger partial charge is 0.248 e. The van der Waals surface area contributed by atoms with Gasteiger partial charge in [0.2, 0.25) is 17.7 Å². The van der Waals surface area contributed by atoms with E-state index in [1.807, 2.05) is 0 Å². The highest BCUT2D eigenvalue weighted by Crippen LogP contribution is 2.32. The van der Waals surface area contributed by atoms with Crippen molar-refractivity contribution in [2.75, 3.05) is 18.4 Å². The Kier molecular flexibility index (Phi) is 5.70. The minimum atomic E-state index is -2.70. The van der Waals surface area contributed by atoms with Crippen LogP contribution in [0.4, 0.5) is 14.5 Å². The fourth-order valence-electron chi connectivity index (χ4n) is 2.89. The number of rotatable bonds is 5. The number of alkyl halides is 2. The van der Waals surface area contributed by atoms with E-state index in [0.717, 1.165) is 13.0 Å². The molecule has 1 aliphatic heterocycles. The first-order chi connectivity index (χ1) is 11.3. The first-order valence-corrected chi connectivity index (χ1v) is 7.98. The number of nitrogens with zero attached hydrogens (tertiary/aromatic N) is 1. The number of halogens is 2. The van der Waals surface area contributed by atoms with Gasteiger partial charge in [0, 0.05) is 24.7 Å². The van der Waals surface area contributed by atoms with E-state index in [2.05, 4.69) is 11.9 Å². The third kappa shape index (κ3) is 4.63.